The van der Waals surface area contributed by atoms with E-state index in [4.69, 9.17) is 4.74 Å². The quantitative estimate of drug-likeness (QED) is 0.772. The molecule has 0 spiro atoms. The van der Waals surface area contributed by atoms with Gasteiger partial charge in [0.1, 0.15) is 6.33 Å². The molecule has 2 atom stereocenters. The zero-order chi connectivity index (χ0) is 12.8. The number of rotatable bonds is 5. The molecule has 17 heavy (non-hydrogen) atoms. The number of hydrogen-bond donors (Lipinski definition) is 2. The van der Waals surface area contributed by atoms with E-state index < -0.39 is 0 Å². The van der Waals surface area contributed by atoms with Crippen LogP contribution in [0.3, 0.4) is 0 Å². The molecular weight excluding hydrogens is 222 g/mol. The maximum absolute atomic E-state index is 11.6. The lowest BCUT2D eigenvalue weighted by Gasteiger charge is -2.17. The molecule has 0 saturated heterocycles. The zero-order valence-electron chi connectivity index (χ0n) is 10.6. The number of urea groups is 1. The number of methoxy groups -OCH3 is 1. The molecule has 7 heteroatoms. The van der Waals surface area contributed by atoms with Crippen molar-refractivity contribution in [3.8, 4) is 0 Å². The van der Waals surface area contributed by atoms with Crippen LogP contribution in [0.2, 0.25) is 0 Å². The molecule has 0 aliphatic heterocycles. The molecule has 0 bridgehead atoms. The standard InChI is InChI=1S/C10H19N5O2/c1-7(5-17-4)12-10(16)13-8(2)9-14-11-6-15(9)3/h6-8H,5H2,1-4H3,(H2,12,13,16)/t7-,8-/m0/s1. The number of nitrogens with zero attached hydrogens (tertiary/aromatic N) is 3. The number of carbonyl (C=O) groups excluding carboxylic acids is 1. The zero-order valence-corrected chi connectivity index (χ0v) is 10.6. The van der Waals surface area contributed by atoms with Crippen LogP contribution in [-0.2, 0) is 11.8 Å². The van der Waals surface area contributed by atoms with Gasteiger partial charge in [-0.25, -0.2) is 4.79 Å². The largest absolute Gasteiger partial charge is 0.383 e. The number of aryl methyl sites for hydroxylation is 1. The minimum Gasteiger partial charge on any atom is -0.383 e. The Morgan fingerprint density at radius 1 is 1.53 bits per heavy atom. The van der Waals surface area contributed by atoms with Crippen LogP contribution in [0.25, 0.3) is 0 Å². The van der Waals surface area contributed by atoms with Crippen LogP contribution < -0.4 is 10.6 Å². The molecule has 0 saturated carbocycles. The van der Waals surface area contributed by atoms with Crippen molar-refractivity contribution in [3.05, 3.63) is 12.2 Å². The summed E-state index contributed by atoms with van der Waals surface area (Å²) in [6.45, 7) is 4.20. The third-order valence-electron chi connectivity index (χ3n) is 2.28. The predicted octanol–water partition coefficient (Wildman–Crippen LogP) is 0.210. The summed E-state index contributed by atoms with van der Waals surface area (Å²) < 4.78 is 6.70. The maximum Gasteiger partial charge on any atom is 0.315 e. The van der Waals surface area contributed by atoms with E-state index >= 15 is 0 Å². The fourth-order valence-electron chi connectivity index (χ4n) is 1.50. The summed E-state index contributed by atoms with van der Waals surface area (Å²) in [4.78, 5) is 11.6. The number of nitrogens with one attached hydrogen (secondary N) is 2. The van der Waals surface area contributed by atoms with Gasteiger partial charge in [0, 0.05) is 14.2 Å². The van der Waals surface area contributed by atoms with Crippen molar-refractivity contribution in [1.82, 2.24) is 25.4 Å². The monoisotopic (exact) mass is 241 g/mol. The molecule has 96 valence electrons. The molecule has 1 aromatic heterocycles. The van der Waals surface area contributed by atoms with Gasteiger partial charge in [-0.2, -0.15) is 0 Å². The van der Waals surface area contributed by atoms with E-state index in [2.05, 4.69) is 20.8 Å². The number of aromatic nitrogens is 3. The van der Waals surface area contributed by atoms with Gasteiger partial charge in [-0.3, -0.25) is 0 Å². The third-order valence-corrected chi connectivity index (χ3v) is 2.28. The van der Waals surface area contributed by atoms with Crippen molar-refractivity contribution >= 4 is 6.03 Å². The van der Waals surface area contributed by atoms with Gasteiger partial charge in [0.2, 0.25) is 0 Å². The first-order valence-corrected chi connectivity index (χ1v) is 5.44. The Labute approximate surface area is 101 Å². The summed E-state index contributed by atoms with van der Waals surface area (Å²) in [7, 11) is 3.43. The molecule has 0 fully saturated rings. The highest BCUT2D eigenvalue weighted by molar-refractivity contribution is 5.74. The van der Waals surface area contributed by atoms with E-state index in [0.29, 0.717) is 12.4 Å². The van der Waals surface area contributed by atoms with E-state index in [9.17, 15) is 4.79 Å². The smallest absolute Gasteiger partial charge is 0.315 e. The summed E-state index contributed by atoms with van der Waals surface area (Å²) >= 11 is 0. The van der Waals surface area contributed by atoms with Gasteiger partial charge in [0.05, 0.1) is 18.7 Å². The first-order chi connectivity index (χ1) is 8.04. The maximum atomic E-state index is 11.6. The first-order valence-electron chi connectivity index (χ1n) is 5.44. The van der Waals surface area contributed by atoms with E-state index in [1.807, 2.05) is 20.9 Å². The molecule has 0 aliphatic carbocycles. The van der Waals surface area contributed by atoms with Crippen molar-refractivity contribution in [2.45, 2.75) is 25.9 Å². The molecule has 2 amide bonds. The van der Waals surface area contributed by atoms with E-state index in [-0.39, 0.29) is 18.1 Å². The van der Waals surface area contributed by atoms with Crippen LogP contribution >= 0.6 is 0 Å². The fourth-order valence-corrected chi connectivity index (χ4v) is 1.50. The number of ether oxygens (including phenoxy) is 1. The highest BCUT2D eigenvalue weighted by Crippen LogP contribution is 2.06. The summed E-state index contributed by atoms with van der Waals surface area (Å²) in [6.07, 6.45) is 1.60. The average molecular weight is 241 g/mol. The van der Waals surface area contributed by atoms with Crippen LogP contribution in [-0.4, -0.2) is 40.6 Å². The topological polar surface area (TPSA) is 81.1 Å². The minimum absolute atomic E-state index is 0.0355. The third kappa shape index (κ3) is 4.03. The highest BCUT2D eigenvalue weighted by Gasteiger charge is 2.15. The summed E-state index contributed by atoms with van der Waals surface area (Å²) in [5, 5.41) is 13.2. The lowest BCUT2D eigenvalue weighted by Crippen LogP contribution is -2.43. The van der Waals surface area contributed by atoms with E-state index in [1.165, 1.54) is 0 Å². The van der Waals surface area contributed by atoms with Gasteiger partial charge in [-0.05, 0) is 13.8 Å². The minimum atomic E-state index is -0.245. The highest BCUT2D eigenvalue weighted by atomic mass is 16.5. The number of amides is 2. The molecule has 7 nitrogen and oxygen atoms in total. The second-order valence-corrected chi connectivity index (χ2v) is 4.00. The van der Waals surface area contributed by atoms with E-state index in [0.717, 1.165) is 0 Å². The van der Waals surface area contributed by atoms with E-state index in [1.54, 1.807) is 18.0 Å². The summed E-state index contributed by atoms with van der Waals surface area (Å²) in [6, 6.07) is -0.478. The predicted molar refractivity (Wildman–Crippen MR) is 62.4 cm³/mol. The molecule has 1 aromatic rings. The summed E-state index contributed by atoms with van der Waals surface area (Å²) in [5.74, 6) is 0.708. The lowest BCUT2D eigenvalue weighted by atomic mass is 10.3. The van der Waals surface area contributed by atoms with Gasteiger partial charge in [-0.1, -0.05) is 0 Å². The molecule has 0 aliphatic rings. The Hall–Kier alpha value is -1.63. The average Bonchev–Trinajstić information content (AvgIpc) is 2.64. The molecule has 1 heterocycles. The summed E-state index contributed by atoms with van der Waals surface area (Å²) in [5.41, 5.74) is 0. The van der Waals surface area contributed by atoms with Crippen molar-refractivity contribution in [2.75, 3.05) is 13.7 Å². The van der Waals surface area contributed by atoms with Gasteiger partial charge >= 0.3 is 6.03 Å². The number of hydrogen-bond acceptors (Lipinski definition) is 4. The van der Waals surface area contributed by atoms with Crippen molar-refractivity contribution in [1.29, 1.82) is 0 Å². The molecule has 2 N–H and O–H groups in total. The van der Waals surface area contributed by atoms with Crippen molar-refractivity contribution in [2.24, 2.45) is 7.05 Å². The van der Waals surface area contributed by atoms with Crippen molar-refractivity contribution < 1.29 is 9.53 Å². The van der Waals surface area contributed by atoms with Crippen LogP contribution in [0, 0.1) is 0 Å². The van der Waals surface area contributed by atoms with Gasteiger partial charge in [0.25, 0.3) is 0 Å². The Balaban J connectivity index is 2.44. The molecule has 0 aromatic carbocycles. The van der Waals surface area contributed by atoms with Gasteiger partial charge in [-0.15, -0.1) is 10.2 Å². The first kappa shape index (κ1) is 13.4. The molecular formula is C10H19N5O2. The fraction of sp³-hybridized carbons (Fsp3) is 0.700. The SMILES string of the molecule is COC[C@H](C)NC(=O)N[C@@H](C)c1nncn1C. The van der Waals surface area contributed by atoms with Crippen LogP contribution in [0.5, 0.6) is 0 Å². The molecule has 0 radical (unpaired) electrons. The van der Waals surface area contributed by atoms with Crippen LogP contribution in [0.15, 0.2) is 6.33 Å². The molecule has 0 unspecified atom stereocenters. The van der Waals surface area contributed by atoms with Crippen molar-refractivity contribution in [3.63, 3.8) is 0 Å². The Morgan fingerprint density at radius 2 is 2.24 bits per heavy atom. The second kappa shape index (κ2) is 6.19. The normalized spacial score (nSPS) is 14.1. The Kier molecular flexibility index (Phi) is 4.89. The van der Waals surface area contributed by atoms with Crippen LogP contribution in [0.1, 0.15) is 25.7 Å². The Bertz CT molecular complexity index is 365. The Morgan fingerprint density at radius 3 is 2.76 bits per heavy atom. The second-order valence-electron chi connectivity index (χ2n) is 4.00. The lowest BCUT2D eigenvalue weighted by molar-refractivity contribution is 0.170. The van der Waals surface area contributed by atoms with Gasteiger partial charge < -0.3 is 19.9 Å². The van der Waals surface area contributed by atoms with Crippen LogP contribution in [0.4, 0.5) is 4.79 Å². The molecule has 1 rings (SSSR count). The van der Waals surface area contributed by atoms with Gasteiger partial charge in [0.15, 0.2) is 5.82 Å². The number of carbonyl (C=O) groups is 1.